The molecule has 104 valence electrons. The molecule has 19 heavy (non-hydrogen) atoms. The molecule has 0 spiro atoms. The van der Waals surface area contributed by atoms with Crippen LogP contribution in [0.1, 0.15) is 51.4 Å². The van der Waals surface area contributed by atoms with E-state index in [4.69, 9.17) is 4.74 Å². The number of hydrogen-bond acceptors (Lipinski definition) is 3. The molecular formula is C16H22O3. The van der Waals surface area contributed by atoms with E-state index < -0.39 is 5.41 Å². The lowest BCUT2D eigenvalue weighted by atomic mass is 9.87. The number of ketones is 2. The van der Waals surface area contributed by atoms with Crippen LogP contribution in [0.15, 0.2) is 24.3 Å². The van der Waals surface area contributed by atoms with Crippen molar-refractivity contribution in [3.63, 3.8) is 0 Å². The molecule has 0 saturated carbocycles. The Morgan fingerprint density at radius 1 is 1.11 bits per heavy atom. The van der Waals surface area contributed by atoms with Gasteiger partial charge in [-0.05, 0) is 38.1 Å². The fourth-order valence-electron chi connectivity index (χ4n) is 1.50. The van der Waals surface area contributed by atoms with E-state index in [1.54, 1.807) is 24.3 Å². The highest BCUT2D eigenvalue weighted by Crippen LogP contribution is 2.20. The van der Waals surface area contributed by atoms with Crippen molar-refractivity contribution in [3.8, 4) is 5.75 Å². The normalized spacial score (nSPS) is 11.5. The molecule has 0 fully saturated rings. The minimum Gasteiger partial charge on any atom is -0.491 e. The van der Waals surface area contributed by atoms with Crippen LogP contribution in [0.25, 0.3) is 0 Å². The number of Topliss-reactive ketones (excluding diaryl/α,β-unsaturated/α-hetero) is 2. The zero-order chi connectivity index (χ0) is 14.6. The average molecular weight is 262 g/mol. The van der Waals surface area contributed by atoms with Crippen LogP contribution in [0.4, 0.5) is 0 Å². The summed E-state index contributed by atoms with van der Waals surface area (Å²) in [4.78, 5) is 23.8. The summed E-state index contributed by atoms with van der Waals surface area (Å²) >= 11 is 0. The molecule has 1 aromatic rings. The zero-order valence-corrected chi connectivity index (χ0v) is 12.3. The van der Waals surface area contributed by atoms with Crippen molar-refractivity contribution in [2.75, 3.05) is 0 Å². The summed E-state index contributed by atoms with van der Waals surface area (Å²) in [5, 5.41) is 0. The van der Waals surface area contributed by atoms with Crippen molar-refractivity contribution in [1.82, 2.24) is 0 Å². The Morgan fingerprint density at radius 3 is 2.05 bits per heavy atom. The molecule has 0 heterocycles. The smallest absolute Gasteiger partial charge is 0.170 e. The van der Waals surface area contributed by atoms with Gasteiger partial charge in [0.25, 0.3) is 0 Å². The number of rotatable bonds is 5. The van der Waals surface area contributed by atoms with Gasteiger partial charge in [-0.1, -0.05) is 20.8 Å². The van der Waals surface area contributed by atoms with E-state index in [9.17, 15) is 9.59 Å². The van der Waals surface area contributed by atoms with Crippen molar-refractivity contribution in [3.05, 3.63) is 29.8 Å². The second-order valence-corrected chi connectivity index (χ2v) is 5.96. The van der Waals surface area contributed by atoms with Gasteiger partial charge >= 0.3 is 0 Å². The van der Waals surface area contributed by atoms with Crippen LogP contribution in [0.5, 0.6) is 5.75 Å². The molecule has 0 aliphatic rings. The van der Waals surface area contributed by atoms with Crippen molar-refractivity contribution >= 4 is 11.6 Å². The third-order valence-electron chi connectivity index (χ3n) is 2.71. The lowest BCUT2D eigenvalue weighted by Gasteiger charge is -2.15. The van der Waals surface area contributed by atoms with Crippen LogP contribution < -0.4 is 4.74 Å². The fourth-order valence-corrected chi connectivity index (χ4v) is 1.50. The maximum Gasteiger partial charge on any atom is 0.170 e. The largest absolute Gasteiger partial charge is 0.491 e. The first-order valence-electron chi connectivity index (χ1n) is 6.53. The lowest BCUT2D eigenvalue weighted by Crippen LogP contribution is -2.23. The first-order valence-corrected chi connectivity index (χ1v) is 6.53. The molecule has 0 N–H and O–H groups in total. The van der Waals surface area contributed by atoms with E-state index in [-0.39, 0.29) is 24.1 Å². The van der Waals surface area contributed by atoms with Gasteiger partial charge in [0.1, 0.15) is 11.5 Å². The van der Waals surface area contributed by atoms with Gasteiger partial charge in [0.15, 0.2) is 5.78 Å². The van der Waals surface area contributed by atoms with Gasteiger partial charge < -0.3 is 4.74 Å². The molecule has 3 nitrogen and oxygen atoms in total. The van der Waals surface area contributed by atoms with Gasteiger partial charge in [-0.3, -0.25) is 9.59 Å². The first kappa shape index (κ1) is 15.4. The molecule has 0 radical (unpaired) electrons. The number of carbonyl (C=O) groups is 2. The van der Waals surface area contributed by atoms with E-state index in [1.165, 1.54) is 0 Å². The molecule has 1 aromatic carbocycles. The van der Waals surface area contributed by atoms with Gasteiger partial charge in [0.05, 0.1) is 12.5 Å². The molecule has 0 aromatic heterocycles. The van der Waals surface area contributed by atoms with Crippen molar-refractivity contribution in [2.24, 2.45) is 5.41 Å². The Bertz CT molecular complexity index is 450. The van der Waals surface area contributed by atoms with E-state index in [2.05, 4.69) is 0 Å². The van der Waals surface area contributed by atoms with Crippen molar-refractivity contribution < 1.29 is 14.3 Å². The van der Waals surface area contributed by atoms with E-state index >= 15 is 0 Å². The highest BCUT2D eigenvalue weighted by molar-refractivity contribution is 6.09. The molecule has 0 bridgehead atoms. The lowest BCUT2D eigenvalue weighted by molar-refractivity contribution is -0.125. The molecule has 0 amide bonds. The topological polar surface area (TPSA) is 43.4 Å². The van der Waals surface area contributed by atoms with Crippen molar-refractivity contribution in [2.45, 2.75) is 47.1 Å². The molecule has 0 atom stereocenters. The number of carbonyl (C=O) groups excluding carboxylic acids is 2. The highest BCUT2D eigenvalue weighted by Gasteiger charge is 2.24. The zero-order valence-electron chi connectivity index (χ0n) is 12.3. The second-order valence-electron chi connectivity index (χ2n) is 5.96. The number of benzene rings is 1. The third kappa shape index (κ3) is 4.86. The molecular weight excluding hydrogens is 240 g/mol. The quantitative estimate of drug-likeness (QED) is 0.600. The summed E-state index contributed by atoms with van der Waals surface area (Å²) in [6, 6.07) is 6.93. The Labute approximate surface area is 115 Å². The van der Waals surface area contributed by atoms with Crippen molar-refractivity contribution in [1.29, 1.82) is 0 Å². The minimum absolute atomic E-state index is 0.0417. The summed E-state index contributed by atoms with van der Waals surface area (Å²) in [6.45, 7) is 9.36. The summed E-state index contributed by atoms with van der Waals surface area (Å²) in [7, 11) is 0. The molecule has 0 aliphatic carbocycles. The Morgan fingerprint density at radius 2 is 1.63 bits per heavy atom. The average Bonchev–Trinajstić information content (AvgIpc) is 2.27. The minimum atomic E-state index is -0.476. The summed E-state index contributed by atoms with van der Waals surface area (Å²) in [6.07, 6.45) is 0.0532. The standard InChI is InChI=1S/C16H22O3/c1-11(2)19-13-8-6-12(7-9-13)14(17)10-15(18)16(3,4)5/h6-9,11H,10H2,1-5H3. The Balaban J connectivity index is 2.71. The van der Waals surface area contributed by atoms with Crippen LogP contribution in [0.2, 0.25) is 0 Å². The number of ether oxygens (including phenoxy) is 1. The SMILES string of the molecule is CC(C)Oc1ccc(C(=O)CC(=O)C(C)(C)C)cc1. The summed E-state index contributed by atoms with van der Waals surface area (Å²) < 4.78 is 5.51. The van der Waals surface area contributed by atoms with Crippen LogP contribution in [0.3, 0.4) is 0 Å². The Hall–Kier alpha value is -1.64. The maximum absolute atomic E-state index is 12.0. The predicted molar refractivity (Wildman–Crippen MR) is 75.6 cm³/mol. The van der Waals surface area contributed by atoms with Gasteiger partial charge in [-0.25, -0.2) is 0 Å². The monoisotopic (exact) mass is 262 g/mol. The second kappa shape index (κ2) is 6.00. The van der Waals surface area contributed by atoms with E-state index in [1.807, 2.05) is 34.6 Å². The van der Waals surface area contributed by atoms with Crippen LogP contribution in [-0.4, -0.2) is 17.7 Å². The maximum atomic E-state index is 12.0. The predicted octanol–water partition coefficient (Wildman–Crippen LogP) is 3.66. The molecule has 3 heteroatoms. The van der Waals surface area contributed by atoms with E-state index in [0.717, 1.165) is 5.75 Å². The highest BCUT2D eigenvalue weighted by atomic mass is 16.5. The van der Waals surface area contributed by atoms with Gasteiger partial charge in [0, 0.05) is 11.0 Å². The van der Waals surface area contributed by atoms with E-state index in [0.29, 0.717) is 5.56 Å². The summed E-state index contributed by atoms with van der Waals surface area (Å²) in [5.74, 6) is 0.546. The fraction of sp³-hybridized carbons (Fsp3) is 0.500. The molecule has 1 rings (SSSR count). The van der Waals surface area contributed by atoms with Gasteiger partial charge in [-0.15, -0.1) is 0 Å². The van der Waals surface area contributed by atoms with Crippen LogP contribution >= 0.6 is 0 Å². The first-order chi connectivity index (χ1) is 8.70. The van der Waals surface area contributed by atoms with Crippen LogP contribution in [-0.2, 0) is 4.79 Å². The molecule has 0 aliphatic heterocycles. The Kier molecular flexibility index (Phi) is 4.87. The summed E-state index contributed by atoms with van der Waals surface area (Å²) in [5.41, 5.74) is 0.0739. The van der Waals surface area contributed by atoms with Gasteiger partial charge in [-0.2, -0.15) is 0 Å². The van der Waals surface area contributed by atoms with Crippen LogP contribution in [0, 0.1) is 5.41 Å². The molecule has 0 saturated heterocycles. The molecule has 0 unspecified atom stereocenters. The van der Waals surface area contributed by atoms with Gasteiger partial charge in [0.2, 0.25) is 0 Å². The number of hydrogen-bond donors (Lipinski definition) is 0. The third-order valence-corrected chi connectivity index (χ3v) is 2.71.